The van der Waals surface area contributed by atoms with E-state index in [9.17, 15) is 0 Å². The Hall–Kier alpha value is -4.53. The maximum atomic E-state index is 2.74. The SMILES string of the molecule is CC1(C)CCC(C)(C)c2c(N(c3ccc4c(c3)C(C)(C)c3ccccc3-4)c3cccc4c3Sc3cccc(-c5ccccc5)c3C43C4CC5CC6CC3C64C5)cccc21. The number of benzene rings is 6. The van der Waals surface area contributed by atoms with E-state index in [-0.39, 0.29) is 21.7 Å². The molecule has 6 aliphatic carbocycles. The van der Waals surface area contributed by atoms with E-state index in [1.165, 1.54) is 110 Å². The second-order valence-electron chi connectivity index (χ2n) is 21.6. The molecule has 0 saturated heterocycles. The lowest BCUT2D eigenvalue weighted by Crippen LogP contribution is -2.74. The Kier molecular flexibility index (Phi) is 6.83. The summed E-state index contributed by atoms with van der Waals surface area (Å²) in [4.78, 5) is 5.71. The Morgan fingerprint density at radius 1 is 0.542 bits per heavy atom. The molecule has 13 rings (SSSR count). The minimum Gasteiger partial charge on any atom is -0.309 e. The molecule has 294 valence electrons. The first-order chi connectivity index (χ1) is 28.5. The zero-order valence-corrected chi connectivity index (χ0v) is 36.3. The highest BCUT2D eigenvalue weighted by Crippen LogP contribution is 2.89. The van der Waals surface area contributed by atoms with E-state index in [0.29, 0.717) is 17.3 Å². The molecule has 6 aromatic carbocycles. The van der Waals surface area contributed by atoms with E-state index in [1.54, 1.807) is 11.1 Å². The zero-order chi connectivity index (χ0) is 39.8. The highest BCUT2D eigenvalue weighted by molar-refractivity contribution is 7.99. The molecule has 0 aromatic heterocycles. The molecule has 6 atom stereocenters. The summed E-state index contributed by atoms with van der Waals surface area (Å²) in [6.07, 6.45) is 8.12. The molecule has 7 aliphatic rings. The molecular weight excluding hydrogens is 731 g/mol. The van der Waals surface area contributed by atoms with Crippen LogP contribution in [0.4, 0.5) is 17.1 Å². The summed E-state index contributed by atoms with van der Waals surface area (Å²) >= 11 is 2.07. The van der Waals surface area contributed by atoms with Crippen LogP contribution in [0.25, 0.3) is 22.3 Å². The van der Waals surface area contributed by atoms with Crippen LogP contribution in [-0.4, -0.2) is 0 Å². The molecule has 2 heteroatoms. The van der Waals surface area contributed by atoms with Crippen LogP contribution in [0.5, 0.6) is 0 Å². The van der Waals surface area contributed by atoms with E-state index >= 15 is 0 Å². The van der Waals surface area contributed by atoms with Gasteiger partial charge in [-0.3, -0.25) is 0 Å². The molecule has 0 N–H and O–H groups in total. The molecule has 1 heterocycles. The largest absolute Gasteiger partial charge is 0.309 e. The predicted molar refractivity (Wildman–Crippen MR) is 246 cm³/mol. The Labute approximate surface area is 355 Å². The normalized spacial score (nSPS) is 29.6. The first-order valence-corrected chi connectivity index (χ1v) is 23.5. The first-order valence-electron chi connectivity index (χ1n) is 22.6. The summed E-state index contributed by atoms with van der Waals surface area (Å²) in [5.74, 6) is 3.27. The van der Waals surface area contributed by atoms with Crippen molar-refractivity contribution in [2.24, 2.45) is 29.1 Å². The van der Waals surface area contributed by atoms with E-state index in [2.05, 4.69) is 186 Å². The van der Waals surface area contributed by atoms with Gasteiger partial charge in [-0.2, -0.15) is 0 Å². The Morgan fingerprint density at radius 2 is 1.22 bits per heavy atom. The standard InChI is InChI=1S/C57H55NS/c1-53(2)27-28-54(3,4)51-42(53)20-13-22-45(51)58(37-25-26-40-39-17-10-11-19-41(39)55(5,6)44(40)32-37)46-23-14-21-43-52(46)59-47-24-12-18-38(35-15-8-7-9-16-35)50(47)57(43)48-30-34-29-36-31-49(57)56(36,48)33-34/h7-26,32,34,36,48-49H,27-31,33H2,1-6H3. The van der Waals surface area contributed by atoms with Crippen molar-refractivity contribution in [3.8, 4) is 22.3 Å². The molecule has 2 bridgehead atoms. The first kappa shape index (κ1) is 35.2. The maximum absolute atomic E-state index is 2.74. The maximum Gasteiger partial charge on any atom is 0.0604 e. The van der Waals surface area contributed by atoms with Crippen molar-refractivity contribution in [1.82, 2.24) is 0 Å². The van der Waals surface area contributed by atoms with E-state index in [4.69, 9.17) is 0 Å². The van der Waals surface area contributed by atoms with Gasteiger partial charge in [-0.05, 0) is 164 Å². The van der Waals surface area contributed by atoms with Gasteiger partial charge in [0, 0.05) is 26.3 Å². The third-order valence-electron chi connectivity index (χ3n) is 17.8. The number of hydrogen-bond donors (Lipinski definition) is 0. The van der Waals surface area contributed by atoms with Crippen molar-refractivity contribution < 1.29 is 0 Å². The Balaban J connectivity index is 1.09. The average Bonchev–Trinajstić information content (AvgIpc) is 3.85. The van der Waals surface area contributed by atoms with Crippen molar-refractivity contribution in [3.05, 3.63) is 161 Å². The monoisotopic (exact) mass is 785 g/mol. The predicted octanol–water partition coefficient (Wildman–Crippen LogP) is 15.3. The van der Waals surface area contributed by atoms with Gasteiger partial charge in [-0.25, -0.2) is 0 Å². The minimum absolute atomic E-state index is 0.0364. The van der Waals surface area contributed by atoms with Gasteiger partial charge in [0.2, 0.25) is 0 Å². The molecule has 6 unspecified atom stereocenters. The van der Waals surface area contributed by atoms with E-state index in [0.717, 1.165) is 11.8 Å². The van der Waals surface area contributed by atoms with E-state index < -0.39 is 0 Å². The topological polar surface area (TPSA) is 3.24 Å². The van der Waals surface area contributed by atoms with Gasteiger partial charge in [0.25, 0.3) is 0 Å². The molecular formula is C57H55NS. The van der Waals surface area contributed by atoms with Crippen molar-refractivity contribution in [1.29, 1.82) is 0 Å². The summed E-state index contributed by atoms with van der Waals surface area (Å²) in [6, 6.07) is 50.0. The molecule has 0 amide bonds. The van der Waals surface area contributed by atoms with Crippen LogP contribution in [0.1, 0.15) is 113 Å². The fourth-order valence-electron chi connectivity index (χ4n) is 15.4. The summed E-state index contributed by atoms with van der Waals surface area (Å²) < 4.78 is 0. The van der Waals surface area contributed by atoms with Gasteiger partial charge in [-0.1, -0.05) is 150 Å². The summed E-state index contributed by atoms with van der Waals surface area (Å²) in [5, 5.41) is 0. The smallest absolute Gasteiger partial charge is 0.0604 e. The number of hydrogen-bond acceptors (Lipinski definition) is 2. The lowest BCUT2D eigenvalue weighted by atomic mass is 9.26. The van der Waals surface area contributed by atoms with Crippen molar-refractivity contribution in [3.63, 3.8) is 0 Å². The fraction of sp³-hybridized carbons (Fsp3) is 0.368. The van der Waals surface area contributed by atoms with E-state index in [1.807, 2.05) is 0 Å². The highest BCUT2D eigenvalue weighted by Gasteiger charge is 2.84. The van der Waals surface area contributed by atoms with Crippen LogP contribution in [-0.2, 0) is 21.7 Å². The second kappa shape index (κ2) is 11.4. The summed E-state index contributed by atoms with van der Waals surface area (Å²) in [5.41, 5.74) is 19.4. The Morgan fingerprint density at radius 3 is 2.05 bits per heavy atom. The lowest BCUT2D eigenvalue weighted by molar-refractivity contribution is -0.234. The van der Waals surface area contributed by atoms with Gasteiger partial charge in [0.15, 0.2) is 0 Å². The number of anilines is 3. The quantitative estimate of drug-likeness (QED) is 0.175. The van der Waals surface area contributed by atoms with Crippen LogP contribution in [0.15, 0.2) is 137 Å². The third kappa shape index (κ3) is 4.21. The average molecular weight is 786 g/mol. The highest BCUT2D eigenvalue weighted by atomic mass is 32.2. The van der Waals surface area contributed by atoms with Crippen LogP contribution < -0.4 is 4.90 Å². The summed E-state index contributed by atoms with van der Waals surface area (Å²) in [6.45, 7) is 14.8. The van der Waals surface area contributed by atoms with Crippen LogP contribution in [0, 0.1) is 29.1 Å². The fourth-order valence-corrected chi connectivity index (χ4v) is 16.7. The molecule has 59 heavy (non-hydrogen) atoms. The number of rotatable bonds is 4. The molecule has 1 aliphatic heterocycles. The van der Waals surface area contributed by atoms with Crippen LogP contribution in [0.3, 0.4) is 0 Å². The number of fused-ring (bicyclic) bond motifs is 11. The molecule has 6 aromatic rings. The van der Waals surface area contributed by atoms with Gasteiger partial charge in [0.05, 0.1) is 11.4 Å². The van der Waals surface area contributed by atoms with Gasteiger partial charge >= 0.3 is 0 Å². The van der Waals surface area contributed by atoms with Crippen LogP contribution in [0.2, 0.25) is 0 Å². The molecule has 4 fully saturated rings. The van der Waals surface area contributed by atoms with Gasteiger partial charge < -0.3 is 4.90 Å². The number of nitrogens with zero attached hydrogens (tertiary/aromatic N) is 1. The molecule has 2 spiro atoms. The van der Waals surface area contributed by atoms with Crippen LogP contribution >= 0.6 is 11.8 Å². The molecule has 0 radical (unpaired) electrons. The third-order valence-corrected chi connectivity index (χ3v) is 19.0. The molecule has 4 saturated carbocycles. The second-order valence-corrected chi connectivity index (χ2v) is 22.6. The van der Waals surface area contributed by atoms with Crippen molar-refractivity contribution in [2.75, 3.05) is 4.90 Å². The molecule has 1 nitrogen and oxygen atoms in total. The minimum atomic E-state index is -0.0878. The lowest BCUT2D eigenvalue weighted by Gasteiger charge is -2.78. The Bertz CT molecular complexity index is 2790. The van der Waals surface area contributed by atoms with Crippen molar-refractivity contribution in [2.45, 2.75) is 112 Å². The zero-order valence-electron chi connectivity index (χ0n) is 35.5. The van der Waals surface area contributed by atoms with Crippen molar-refractivity contribution >= 4 is 28.8 Å². The van der Waals surface area contributed by atoms with Gasteiger partial charge in [0.1, 0.15) is 0 Å². The van der Waals surface area contributed by atoms with Gasteiger partial charge in [-0.15, -0.1) is 0 Å². The summed E-state index contributed by atoms with van der Waals surface area (Å²) in [7, 11) is 0.